The van der Waals surface area contributed by atoms with Crippen LogP contribution in [0.2, 0.25) is 0 Å². The number of pyridine rings is 1. The molecule has 4 heterocycles. The highest BCUT2D eigenvalue weighted by Crippen LogP contribution is 2.34. The number of primary amides is 1. The van der Waals surface area contributed by atoms with Gasteiger partial charge in [0.25, 0.3) is 0 Å². The Kier molecular flexibility index (Phi) is 4.01. The van der Waals surface area contributed by atoms with E-state index in [0.29, 0.717) is 23.0 Å². The first-order valence-electron chi connectivity index (χ1n) is 9.87. The van der Waals surface area contributed by atoms with Crippen molar-refractivity contribution in [2.24, 2.45) is 5.73 Å². The van der Waals surface area contributed by atoms with Gasteiger partial charge in [-0.15, -0.1) is 0 Å². The number of hydrogen-bond donors (Lipinski definition) is 1. The third-order valence-electron chi connectivity index (χ3n) is 5.41. The lowest BCUT2D eigenvalue weighted by atomic mass is 10.1. The van der Waals surface area contributed by atoms with Gasteiger partial charge in [-0.25, -0.2) is 4.98 Å². The number of benzene rings is 1. The SMILES string of the molecule is CC(C)c1nc(-c2nc(N3CCCC3)n3c2cc(C(N)=O)c2ccccc23)no1. The Balaban J connectivity index is 1.86. The van der Waals surface area contributed by atoms with Gasteiger partial charge < -0.3 is 15.2 Å². The molecule has 8 heteroatoms. The standard InChI is InChI=1S/C21H22N6O2/c1-12(2)20-24-19(25-29-20)17-16-11-14(18(22)28)13-7-3-4-8-15(13)27(16)21(23-17)26-9-5-6-10-26/h3-4,7-8,11-12H,5-6,9-10H2,1-2H3,(H2,22,28). The Morgan fingerprint density at radius 2 is 1.90 bits per heavy atom. The van der Waals surface area contributed by atoms with Crippen molar-refractivity contribution in [2.45, 2.75) is 32.6 Å². The van der Waals surface area contributed by atoms with Gasteiger partial charge in [0.05, 0.1) is 16.6 Å². The first kappa shape index (κ1) is 17.7. The van der Waals surface area contributed by atoms with Crippen molar-refractivity contribution < 1.29 is 9.32 Å². The van der Waals surface area contributed by atoms with E-state index in [0.717, 1.165) is 48.3 Å². The number of hydrogen-bond acceptors (Lipinski definition) is 6. The van der Waals surface area contributed by atoms with Gasteiger partial charge in [-0.1, -0.05) is 37.2 Å². The molecule has 3 aromatic heterocycles. The van der Waals surface area contributed by atoms with Gasteiger partial charge in [-0.2, -0.15) is 4.98 Å². The maximum atomic E-state index is 12.2. The van der Waals surface area contributed by atoms with Crippen molar-refractivity contribution >= 4 is 28.3 Å². The second kappa shape index (κ2) is 6.58. The fourth-order valence-corrected chi connectivity index (χ4v) is 3.97. The van der Waals surface area contributed by atoms with Crippen LogP contribution in [0.15, 0.2) is 34.9 Å². The van der Waals surface area contributed by atoms with E-state index in [-0.39, 0.29) is 5.92 Å². The number of fused-ring (bicyclic) bond motifs is 3. The van der Waals surface area contributed by atoms with Gasteiger partial charge in [0.15, 0.2) is 0 Å². The number of aromatic nitrogens is 4. The van der Waals surface area contributed by atoms with Gasteiger partial charge in [-0.05, 0) is 25.0 Å². The molecule has 1 aliphatic heterocycles. The number of carbonyl (C=O) groups is 1. The fourth-order valence-electron chi connectivity index (χ4n) is 3.97. The van der Waals surface area contributed by atoms with Crippen molar-refractivity contribution in [1.29, 1.82) is 0 Å². The van der Waals surface area contributed by atoms with Crippen LogP contribution in [-0.2, 0) is 0 Å². The number of para-hydroxylation sites is 1. The minimum Gasteiger partial charge on any atom is -0.366 e. The van der Waals surface area contributed by atoms with Crippen LogP contribution in [0.4, 0.5) is 5.95 Å². The molecule has 29 heavy (non-hydrogen) atoms. The molecular weight excluding hydrogens is 368 g/mol. The zero-order valence-electron chi connectivity index (χ0n) is 16.4. The zero-order chi connectivity index (χ0) is 20.1. The molecule has 0 spiro atoms. The number of amides is 1. The molecule has 0 bridgehead atoms. The van der Waals surface area contributed by atoms with Crippen molar-refractivity contribution in [1.82, 2.24) is 19.5 Å². The molecule has 4 aromatic rings. The summed E-state index contributed by atoms with van der Waals surface area (Å²) < 4.78 is 7.49. The van der Waals surface area contributed by atoms with E-state index in [1.165, 1.54) is 0 Å². The minimum absolute atomic E-state index is 0.116. The summed E-state index contributed by atoms with van der Waals surface area (Å²) in [6, 6.07) is 9.54. The summed E-state index contributed by atoms with van der Waals surface area (Å²) in [7, 11) is 0. The summed E-state index contributed by atoms with van der Waals surface area (Å²) >= 11 is 0. The maximum absolute atomic E-state index is 12.2. The van der Waals surface area contributed by atoms with Gasteiger partial charge in [-0.3, -0.25) is 9.20 Å². The molecule has 0 unspecified atom stereocenters. The van der Waals surface area contributed by atoms with Crippen LogP contribution in [0.25, 0.3) is 27.9 Å². The van der Waals surface area contributed by atoms with E-state index >= 15 is 0 Å². The molecule has 148 valence electrons. The number of nitrogens with two attached hydrogens (primary N) is 1. The van der Waals surface area contributed by atoms with E-state index < -0.39 is 5.91 Å². The molecule has 1 saturated heterocycles. The minimum atomic E-state index is -0.477. The second-order valence-corrected chi connectivity index (χ2v) is 7.73. The molecule has 2 N–H and O–H groups in total. The van der Waals surface area contributed by atoms with Crippen LogP contribution in [0.5, 0.6) is 0 Å². The molecule has 1 amide bonds. The maximum Gasteiger partial charge on any atom is 0.249 e. The zero-order valence-corrected chi connectivity index (χ0v) is 16.4. The summed E-state index contributed by atoms with van der Waals surface area (Å²) in [5.41, 5.74) is 8.38. The summed E-state index contributed by atoms with van der Waals surface area (Å²) in [6.45, 7) is 5.87. The van der Waals surface area contributed by atoms with Crippen LogP contribution in [0.1, 0.15) is 48.9 Å². The number of rotatable bonds is 4. The van der Waals surface area contributed by atoms with E-state index in [1.54, 1.807) is 6.07 Å². The quantitative estimate of drug-likeness (QED) is 0.573. The third kappa shape index (κ3) is 2.74. The average molecular weight is 390 g/mol. The number of carbonyl (C=O) groups excluding carboxylic acids is 1. The predicted molar refractivity (Wildman–Crippen MR) is 110 cm³/mol. The Labute approximate surface area is 167 Å². The van der Waals surface area contributed by atoms with Gasteiger partial charge in [0.2, 0.25) is 23.6 Å². The highest BCUT2D eigenvalue weighted by Gasteiger charge is 2.26. The molecule has 0 radical (unpaired) electrons. The third-order valence-corrected chi connectivity index (χ3v) is 5.41. The fraction of sp³-hybridized carbons (Fsp3) is 0.333. The molecule has 1 aromatic carbocycles. The molecule has 8 nitrogen and oxygen atoms in total. The second-order valence-electron chi connectivity index (χ2n) is 7.73. The Morgan fingerprint density at radius 3 is 2.59 bits per heavy atom. The lowest BCUT2D eigenvalue weighted by Gasteiger charge is -2.17. The van der Waals surface area contributed by atoms with Crippen molar-refractivity contribution in [2.75, 3.05) is 18.0 Å². The van der Waals surface area contributed by atoms with Gasteiger partial charge in [0, 0.05) is 24.4 Å². The van der Waals surface area contributed by atoms with E-state index in [9.17, 15) is 4.79 Å². The highest BCUT2D eigenvalue weighted by atomic mass is 16.5. The molecule has 0 atom stereocenters. The van der Waals surface area contributed by atoms with Crippen LogP contribution < -0.4 is 10.6 Å². The first-order chi connectivity index (χ1) is 14.0. The lowest BCUT2D eigenvalue weighted by molar-refractivity contribution is 0.100. The lowest BCUT2D eigenvalue weighted by Crippen LogP contribution is -2.21. The highest BCUT2D eigenvalue weighted by molar-refractivity contribution is 6.08. The number of nitrogens with zero attached hydrogens (tertiary/aromatic N) is 5. The number of imidazole rings is 1. The average Bonchev–Trinajstić information content (AvgIpc) is 3.45. The molecule has 0 saturated carbocycles. The first-order valence-corrected chi connectivity index (χ1v) is 9.87. The number of anilines is 1. The van der Waals surface area contributed by atoms with Crippen LogP contribution >= 0.6 is 0 Å². The smallest absolute Gasteiger partial charge is 0.249 e. The predicted octanol–water partition coefficient (Wildman–Crippen LogP) is 3.36. The summed E-state index contributed by atoms with van der Waals surface area (Å²) in [4.78, 5) is 23.9. The van der Waals surface area contributed by atoms with E-state index in [4.69, 9.17) is 15.2 Å². The Morgan fingerprint density at radius 1 is 1.14 bits per heavy atom. The van der Waals surface area contributed by atoms with Crippen LogP contribution in [-0.4, -0.2) is 38.5 Å². The largest absolute Gasteiger partial charge is 0.366 e. The summed E-state index contributed by atoms with van der Waals surface area (Å²) in [5, 5.41) is 4.95. The Bertz CT molecular complexity index is 1230. The molecule has 1 aliphatic rings. The Hall–Kier alpha value is -3.42. The van der Waals surface area contributed by atoms with Gasteiger partial charge >= 0.3 is 0 Å². The molecule has 5 rings (SSSR count). The molecular formula is C21H22N6O2. The van der Waals surface area contributed by atoms with Gasteiger partial charge in [0.1, 0.15) is 5.69 Å². The van der Waals surface area contributed by atoms with Crippen molar-refractivity contribution in [3.8, 4) is 11.5 Å². The normalized spacial score (nSPS) is 14.5. The molecule has 1 fully saturated rings. The van der Waals surface area contributed by atoms with Crippen LogP contribution in [0.3, 0.4) is 0 Å². The summed E-state index contributed by atoms with van der Waals surface area (Å²) in [5.74, 6) is 1.44. The van der Waals surface area contributed by atoms with E-state index in [1.807, 2.05) is 38.1 Å². The van der Waals surface area contributed by atoms with E-state index in [2.05, 4.69) is 19.4 Å². The monoisotopic (exact) mass is 390 g/mol. The van der Waals surface area contributed by atoms with Crippen LogP contribution in [0, 0.1) is 0 Å². The summed E-state index contributed by atoms with van der Waals surface area (Å²) in [6.07, 6.45) is 2.25. The van der Waals surface area contributed by atoms with Crippen molar-refractivity contribution in [3.63, 3.8) is 0 Å². The topological polar surface area (TPSA) is 103 Å². The van der Waals surface area contributed by atoms with Crippen molar-refractivity contribution in [3.05, 3.63) is 41.8 Å². The molecule has 0 aliphatic carbocycles.